The van der Waals surface area contributed by atoms with Crippen LogP contribution >= 0.6 is 11.3 Å². The number of rotatable bonds is 2. The Labute approximate surface area is 91.2 Å². The fraction of sp³-hybridized carbons (Fsp3) is 0.100. The number of nitrogens with one attached hydrogen (secondary N) is 1. The number of thiophene rings is 1. The summed E-state index contributed by atoms with van der Waals surface area (Å²) in [5.41, 5.74) is 0.834. The van der Waals surface area contributed by atoms with Crippen molar-refractivity contribution in [2.45, 2.75) is 0 Å². The van der Waals surface area contributed by atoms with E-state index < -0.39 is 0 Å². The van der Waals surface area contributed by atoms with Gasteiger partial charge in [-0.25, -0.2) is 9.97 Å². The monoisotopic (exact) mass is 216 g/mol. The highest BCUT2D eigenvalue weighted by Crippen LogP contribution is 2.26. The van der Waals surface area contributed by atoms with E-state index in [4.69, 9.17) is 5.26 Å². The predicted molar refractivity (Wildman–Crippen MR) is 59.6 cm³/mol. The summed E-state index contributed by atoms with van der Waals surface area (Å²) in [7, 11) is 1.81. The molecule has 2 aromatic rings. The summed E-state index contributed by atoms with van der Waals surface area (Å²) in [5.74, 6) is 0.770. The molecule has 0 fully saturated rings. The fourth-order valence-corrected chi connectivity index (χ4v) is 1.94. The molecule has 0 aromatic carbocycles. The van der Waals surface area contributed by atoms with Gasteiger partial charge in [0.1, 0.15) is 23.1 Å². The van der Waals surface area contributed by atoms with Gasteiger partial charge in [0, 0.05) is 13.1 Å². The third-order valence-corrected chi connectivity index (χ3v) is 2.90. The van der Waals surface area contributed by atoms with Crippen molar-refractivity contribution in [3.05, 3.63) is 29.4 Å². The van der Waals surface area contributed by atoms with Crippen molar-refractivity contribution in [1.29, 1.82) is 5.26 Å². The lowest BCUT2D eigenvalue weighted by atomic mass is 10.3. The molecule has 0 saturated heterocycles. The van der Waals surface area contributed by atoms with Gasteiger partial charge >= 0.3 is 0 Å². The Kier molecular flexibility index (Phi) is 2.61. The van der Waals surface area contributed by atoms with E-state index in [0.717, 1.165) is 16.4 Å². The molecule has 2 aromatic heterocycles. The molecule has 1 N–H and O–H groups in total. The molecule has 0 radical (unpaired) electrons. The second-order valence-corrected chi connectivity index (χ2v) is 3.90. The van der Waals surface area contributed by atoms with E-state index in [1.165, 1.54) is 17.7 Å². The third kappa shape index (κ3) is 1.95. The summed E-state index contributed by atoms with van der Waals surface area (Å²) >= 11 is 1.43. The molecular formula is C10H8N4S. The fourth-order valence-electron chi connectivity index (χ4n) is 1.16. The van der Waals surface area contributed by atoms with Crippen molar-refractivity contribution in [3.63, 3.8) is 0 Å². The van der Waals surface area contributed by atoms with Gasteiger partial charge < -0.3 is 5.32 Å². The first-order valence-electron chi connectivity index (χ1n) is 4.33. The van der Waals surface area contributed by atoms with Crippen LogP contribution in [0.1, 0.15) is 4.88 Å². The standard InChI is InChI=1S/C10H8N4S/c1-12-10-4-8(13-6-14-10)9-3-2-7(5-11)15-9/h2-4,6H,1H3,(H,12,13,14). The summed E-state index contributed by atoms with van der Waals surface area (Å²) < 4.78 is 0. The molecule has 74 valence electrons. The zero-order chi connectivity index (χ0) is 10.7. The molecule has 0 atom stereocenters. The molecule has 0 amide bonds. The first-order chi connectivity index (χ1) is 7.33. The second-order valence-electron chi connectivity index (χ2n) is 2.81. The molecule has 0 aliphatic carbocycles. The smallest absolute Gasteiger partial charge is 0.129 e. The quantitative estimate of drug-likeness (QED) is 0.835. The maximum absolute atomic E-state index is 8.71. The van der Waals surface area contributed by atoms with Gasteiger partial charge in [-0.2, -0.15) is 5.26 Å². The van der Waals surface area contributed by atoms with Gasteiger partial charge in [0.2, 0.25) is 0 Å². The van der Waals surface area contributed by atoms with Crippen molar-refractivity contribution in [2.75, 3.05) is 12.4 Å². The van der Waals surface area contributed by atoms with Crippen LogP contribution in [0.4, 0.5) is 5.82 Å². The van der Waals surface area contributed by atoms with Crippen LogP contribution in [0.25, 0.3) is 10.6 Å². The number of hydrogen-bond acceptors (Lipinski definition) is 5. The zero-order valence-corrected chi connectivity index (χ0v) is 8.88. The highest BCUT2D eigenvalue weighted by atomic mass is 32.1. The Balaban J connectivity index is 2.41. The molecule has 2 rings (SSSR count). The zero-order valence-electron chi connectivity index (χ0n) is 8.06. The maximum atomic E-state index is 8.71. The molecular weight excluding hydrogens is 208 g/mol. The largest absolute Gasteiger partial charge is 0.373 e. The van der Waals surface area contributed by atoms with Crippen molar-refractivity contribution >= 4 is 17.2 Å². The molecule has 4 nitrogen and oxygen atoms in total. The van der Waals surface area contributed by atoms with Crippen LogP contribution < -0.4 is 5.32 Å². The molecule has 0 spiro atoms. The highest BCUT2D eigenvalue weighted by molar-refractivity contribution is 7.15. The normalized spacial score (nSPS) is 9.60. The molecule has 0 saturated carbocycles. The Hall–Kier alpha value is -1.93. The van der Waals surface area contributed by atoms with Gasteiger partial charge in [-0.05, 0) is 12.1 Å². The van der Waals surface area contributed by atoms with Gasteiger partial charge in [-0.15, -0.1) is 11.3 Å². The van der Waals surface area contributed by atoms with Crippen molar-refractivity contribution in [3.8, 4) is 16.6 Å². The van der Waals surface area contributed by atoms with Gasteiger partial charge in [0.05, 0.1) is 10.6 Å². The maximum Gasteiger partial charge on any atom is 0.129 e. The Morgan fingerprint density at radius 1 is 1.40 bits per heavy atom. The third-order valence-electron chi connectivity index (χ3n) is 1.89. The van der Waals surface area contributed by atoms with E-state index in [-0.39, 0.29) is 0 Å². The van der Waals surface area contributed by atoms with Gasteiger partial charge in [-0.3, -0.25) is 0 Å². The Bertz CT molecular complexity index is 512. The summed E-state index contributed by atoms with van der Waals surface area (Å²) in [4.78, 5) is 9.85. The molecule has 15 heavy (non-hydrogen) atoms. The minimum atomic E-state index is 0.689. The lowest BCUT2D eigenvalue weighted by molar-refractivity contribution is 1.17. The number of anilines is 1. The predicted octanol–water partition coefficient (Wildman–Crippen LogP) is 2.12. The molecule has 0 aliphatic heterocycles. The molecule has 5 heteroatoms. The minimum absolute atomic E-state index is 0.689. The SMILES string of the molecule is CNc1cc(-c2ccc(C#N)s2)ncn1. The van der Waals surface area contributed by atoms with Gasteiger partial charge in [0.15, 0.2) is 0 Å². The first-order valence-corrected chi connectivity index (χ1v) is 5.15. The van der Waals surface area contributed by atoms with Crippen LogP contribution in [0.2, 0.25) is 0 Å². The lowest BCUT2D eigenvalue weighted by Crippen LogP contribution is -1.93. The van der Waals surface area contributed by atoms with Crippen LogP contribution in [-0.4, -0.2) is 17.0 Å². The minimum Gasteiger partial charge on any atom is -0.373 e. The van der Waals surface area contributed by atoms with E-state index in [9.17, 15) is 0 Å². The number of hydrogen-bond donors (Lipinski definition) is 1. The van der Waals surface area contributed by atoms with Crippen molar-refractivity contribution in [2.24, 2.45) is 0 Å². The van der Waals surface area contributed by atoms with Crippen LogP contribution in [0, 0.1) is 11.3 Å². The van der Waals surface area contributed by atoms with Crippen molar-refractivity contribution < 1.29 is 0 Å². The van der Waals surface area contributed by atoms with Crippen LogP contribution in [0.15, 0.2) is 24.5 Å². The average molecular weight is 216 g/mol. The van der Waals surface area contributed by atoms with Gasteiger partial charge in [-0.1, -0.05) is 0 Å². The second kappa shape index (κ2) is 4.07. The van der Waals surface area contributed by atoms with Crippen molar-refractivity contribution in [1.82, 2.24) is 9.97 Å². The van der Waals surface area contributed by atoms with Crippen LogP contribution in [-0.2, 0) is 0 Å². The highest BCUT2D eigenvalue weighted by Gasteiger charge is 2.04. The van der Waals surface area contributed by atoms with Gasteiger partial charge in [0.25, 0.3) is 0 Å². The molecule has 2 heterocycles. The first kappa shape index (κ1) is 9.62. The molecule has 0 unspecified atom stereocenters. The average Bonchev–Trinajstić information content (AvgIpc) is 2.78. The van der Waals surface area contributed by atoms with E-state index in [1.54, 1.807) is 13.1 Å². The summed E-state index contributed by atoms with van der Waals surface area (Å²) in [5, 5.41) is 11.7. The Morgan fingerprint density at radius 2 is 2.27 bits per heavy atom. The molecule has 0 bridgehead atoms. The molecule has 0 aliphatic rings. The van der Waals surface area contributed by atoms with E-state index in [0.29, 0.717) is 4.88 Å². The Morgan fingerprint density at radius 3 is 2.93 bits per heavy atom. The summed E-state index contributed by atoms with van der Waals surface area (Å²) in [6.07, 6.45) is 1.51. The number of aromatic nitrogens is 2. The number of nitriles is 1. The van der Waals surface area contributed by atoms with Crippen LogP contribution in [0.5, 0.6) is 0 Å². The summed E-state index contributed by atoms with van der Waals surface area (Å²) in [6.45, 7) is 0. The van der Waals surface area contributed by atoms with E-state index >= 15 is 0 Å². The summed E-state index contributed by atoms with van der Waals surface area (Å²) in [6, 6.07) is 7.65. The van der Waals surface area contributed by atoms with E-state index in [1.807, 2.05) is 12.1 Å². The topological polar surface area (TPSA) is 61.6 Å². The number of nitrogens with zero attached hydrogens (tertiary/aromatic N) is 3. The van der Waals surface area contributed by atoms with Crippen LogP contribution in [0.3, 0.4) is 0 Å². The van der Waals surface area contributed by atoms with E-state index in [2.05, 4.69) is 21.4 Å². The lowest BCUT2D eigenvalue weighted by Gasteiger charge is -1.99.